The van der Waals surface area contributed by atoms with Crippen LogP contribution in [-0.2, 0) is 0 Å². The summed E-state index contributed by atoms with van der Waals surface area (Å²) >= 11 is 7.80. The Morgan fingerprint density at radius 3 is 2.64 bits per heavy atom. The lowest BCUT2D eigenvalue weighted by Crippen LogP contribution is -2.55. The third-order valence-corrected chi connectivity index (χ3v) is 4.84. The van der Waals surface area contributed by atoms with Crippen LogP contribution in [0.4, 0.5) is 0 Å². The quantitative estimate of drug-likeness (QED) is 0.830. The Morgan fingerprint density at radius 1 is 1.57 bits per heavy atom. The SMILES string of the molecule is CCC1(CC)CNC1c1ccsc1Cl. The van der Waals surface area contributed by atoms with E-state index in [0.717, 1.165) is 10.9 Å². The van der Waals surface area contributed by atoms with Gasteiger partial charge in [-0.05, 0) is 29.9 Å². The van der Waals surface area contributed by atoms with E-state index in [4.69, 9.17) is 11.6 Å². The van der Waals surface area contributed by atoms with E-state index in [2.05, 4.69) is 30.6 Å². The largest absolute Gasteiger partial charge is 0.309 e. The zero-order valence-electron chi connectivity index (χ0n) is 8.64. The minimum atomic E-state index is 0.449. The van der Waals surface area contributed by atoms with Gasteiger partial charge in [0.25, 0.3) is 0 Å². The smallest absolute Gasteiger partial charge is 0.0976 e. The summed E-state index contributed by atoms with van der Waals surface area (Å²) in [7, 11) is 0. The molecule has 1 unspecified atom stereocenters. The molecular weight excluding hydrogens is 214 g/mol. The molecule has 1 fully saturated rings. The van der Waals surface area contributed by atoms with Crippen LogP contribution in [0.15, 0.2) is 11.4 Å². The molecule has 0 spiro atoms. The van der Waals surface area contributed by atoms with Gasteiger partial charge in [0.05, 0.1) is 4.34 Å². The Kier molecular flexibility index (Phi) is 2.87. The number of nitrogens with one attached hydrogen (secondary N) is 1. The molecule has 1 saturated heterocycles. The van der Waals surface area contributed by atoms with E-state index >= 15 is 0 Å². The van der Waals surface area contributed by atoms with E-state index in [0.29, 0.717) is 11.5 Å². The molecule has 0 saturated carbocycles. The maximum atomic E-state index is 6.17. The fraction of sp³-hybridized carbons (Fsp3) is 0.636. The van der Waals surface area contributed by atoms with E-state index < -0.39 is 0 Å². The van der Waals surface area contributed by atoms with Gasteiger partial charge in [-0.25, -0.2) is 0 Å². The van der Waals surface area contributed by atoms with Gasteiger partial charge in [0.2, 0.25) is 0 Å². The Bertz CT molecular complexity index is 311. The number of thiophene rings is 1. The molecule has 1 nitrogen and oxygen atoms in total. The monoisotopic (exact) mass is 229 g/mol. The van der Waals surface area contributed by atoms with E-state index in [9.17, 15) is 0 Å². The van der Waals surface area contributed by atoms with Gasteiger partial charge in [-0.1, -0.05) is 25.4 Å². The van der Waals surface area contributed by atoms with Crippen molar-refractivity contribution < 1.29 is 0 Å². The van der Waals surface area contributed by atoms with Crippen LogP contribution in [0, 0.1) is 5.41 Å². The third kappa shape index (κ3) is 1.40. The molecule has 0 radical (unpaired) electrons. The summed E-state index contributed by atoms with van der Waals surface area (Å²) in [5, 5.41) is 5.58. The van der Waals surface area contributed by atoms with Crippen molar-refractivity contribution in [3.05, 3.63) is 21.3 Å². The van der Waals surface area contributed by atoms with Crippen LogP contribution in [0.25, 0.3) is 0 Å². The average molecular weight is 230 g/mol. The molecule has 0 amide bonds. The van der Waals surface area contributed by atoms with Crippen molar-refractivity contribution in [3.8, 4) is 0 Å². The maximum Gasteiger partial charge on any atom is 0.0976 e. The predicted octanol–water partition coefficient (Wildman–Crippen LogP) is 3.85. The molecule has 1 aromatic rings. The van der Waals surface area contributed by atoms with Crippen LogP contribution >= 0.6 is 22.9 Å². The Morgan fingerprint density at radius 2 is 2.29 bits per heavy atom. The molecule has 0 aromatic carbocycles. The lowest BCUT2D eigenvalue weighted by atomic mass is 9.67. The fourth-order valence-electron chi connectivity index (χ4n) is 2.35. The van der Waals surface area contributed by atoms with Crippen molar-refractivity contribution in [2.24, 2.45) is 5.41 Å². The summed E-state index contributed by atoms with van der Waals surface area (Å²) in [5.41, 5.74) is 1.75. The second kappa shape index (κ2) is 3.84. The molecule has 1 atom stereocenters. The first kappa shape index (κ1) is 10.5. The summed E-state index contributed by atoms with van der Waals surface area (Å²) in [6.07, 6.45) is 2.46. The standard InChI is InChI=1S/C11H16ClNS/c1-3-11(4-2)7-13-9(11)8-5-6-14-10(8)12/h5-6,9,13H,3-4,7H2,1-2H3. The lowest BCUT2D eigenvalue weighted by molar-refractivity contribution is 0.0712. The number of rotatable bonds is 3. The second-order valence-corrected chi connectivity index (χ2v) is 5.55. The summed E-state index contributed by atoms with van der Waals surface area (Å²) in [6.45, 7) is 5.69. The zero-order valence-corrected chi connectivity index (χ0v) is 10.2. The van der Waals surface area contributed by atoms with Crippen molar-refractivity contribution in [2.45, 2.75) is 32.7 Å². The molecule has 78 valence electrons. The van der Waals surface area contributed by atoms with Gasteiger partial charge < -0.3 is 5.32 Å². The highest BCUT2D eigenvalue weighted by atomic mass is 35.5. The van der Waals surface area contributed by atoms with Crippen LogP contribution in [0.5, 0.6) is 0 Å². The molecule has 2 rings (SSSR count). The van der Waals surface area contributed by atoms with Crippen molar-refractivity contribution in [2.75, 3.05) is 6.54 Å². The number of hydrogen-bond donors (Lipinski definition) is 1. The molecule has 0 aliphatic carbocycles. The van der Waals surface area contributed by atoms with E-state index in [1.807, 2.05) is 0 Å². The fourth-order valence-corrected chi connectivity index (χ4v) is 3.33. The summed E-state index contributed by atoms with van der Waals surface area (Å²) in [4.78, 5) is 0. The topological polar surface area (TPSA) is 12.0 Å². The predicted molar refractivity (Wildman–Crippen MR) is 63.1 cm³/mol. The molecule has 1 N–H and O–H groups in total. The number of halogens is 1. The third-order valence-electron chi connectivity index (χ3n) is 3.64. The first-order valence-electron chi connectivity index (χ1n) is 5.20. The molecule has 1 aliphatic rings. The minimum Gasteiger partial charge on any atom is -0.309 e. The molecule has 0 bridgehead atoms. The molecule has 3 heteroatoms. The van der Waals surface area contributed by atoms with Crippen molar-refractivity contribution in [1.29, 1.82) is 0 Å². The van der Waals surface area contributed by atoms with Gasteiger partial charge in [-0.3, -0.25) is 0 Å². The maximum absolute atomic E-state index is 6.17. The normalized spacial score (nSPS) is 24.6. The highest BCUT2D eigenvalue weighted by molar-refractivity contribution is 7.14. The average Bonchev–Trinajstić information content (AvgIpc) is 2.54. The van der Waals surface area contributed by atoms with Crippen LogP contribution in [0.3, 0.4) is 0 Å². The number of hydrogen-bond acceptors (Lipinski definition) is 2. The van der Waals surface area contributed by atoms with Gasteiger partial charge in [0.1, 0.15) is 0 Å². The van der Waals surface area contributed by atoms with Crippen molar-refractivity contribution >= 4 is 22.9 Å². The Balaban J connectivity index is 2.25. The molecule has 2 heterocycles. The summed E-state index contributed by atoms with van der Waals surface area (Å²) in [6, 6.07) is 2.64. The molecule has 14 heavy (non-hydrogen) atoms. The van der Waals surface area contributed by atoms with Gasteiger partial charge >= 0.3 is 0 Å². The van der Waals surface area contributed by atoms with Crippen LogP contribution in [-0.4, -0.2) is 6.54 Å². The highest BCUT2D eigenvalue weighted by Crippen LogP contribution is 2.48. The van der Waals surface area contributed by atoms with Crippen LogP contribution in [0.2, 0.25) is 4.34 Å². The lowest BCUT2D eigenvalue weighted by Gasteiger charge is -2.50. The first-order valence-corrected chi connectivity index (χ1v) is 6.45. The first-order chi connectivity index (χ1) is 6.73. The van der Waals surface area contributed by atoms with Crippen molar-refractivity contribution in [1.82, 2.24) is 5.32 Å². The van der Waals surface area contributed by atoms with E-state index in [-0.39, 0.29) is 0 Å². The van der Waals surface area contributed by atoms with E-state index in [1.165, 1.54) is 18.4 Å². The Hall–Kier alpha value is -0.0500. The molecular formula is C11H16ClNS. The van der Waals surface area contributed by atoms with E-state index in [1.54, 1.807) is 11.3 Å². The Labute approximate surface area is 94.5 Å². The summed E-state index contributed by atoms with van der Waals surface area (Å²) in [5.74, 6) is 0. The van der Waals surface area contributed by atoms with Gasteiger partial charge in [-0.15, -0.1) is 11.3 Å². The van der Waals surface area contributed by atoms with Crippen LogP contribution in [0.1, 0.15) is 38.3 Å². The highest BCUT2D eigenvalue weighted by Gasteiger charge is 2.45. The second-order valence-electron chi connectivity index (χ2n) is 4.03. The molecule has 1 aliphatic heterocycles. The zero-order chi connectivity index (χ0) is 10.2. The molecule has 1 aromatic heterocycles. The van der Waals surface area contributed by atoms with Crippen molar-refractivity contribution in [3.63, 3.8) is 0 Å². The van der Waals surface area contributed by atoms with Gasteiger partial charge in [-0.2, -0.15) is 0 Å². The minimum absolute atomic E-state index is 0.449. The van der Waals surface area contributed by atoms with Gasteiger partial charge in [0, 0.05) is 18.0 Å². The van der Waals surface area contributed by atoms with Crippen LogP contribution < -0.4 is 5.32 Å². The van der Waals surface area contributed by atoms with Gasteiger partial charge in [0.15, 0.2) is 0 Å². The summed E-state index contributed by atoms with van der Waals surface area (Å²) < 4.78 is 0.952.